The summed E-state index contributed by atoms with van der Waals surface area (Å²) in [5, 5.41) is 12.9. The van der Waals surface area contributed by atoms with E-state index in [0.29, 0.717) is 29.3 Å². The second-order valence-corrected chi connectivity index (χ2v) is 8.36. The van der Waals surface area contributed by atoms with Crippen molar-refractivity contribution in [3.05, 3.63) is 94.5 Å². The third-order valence-corrected chi connectivity index (χ3v) is 6.12. The van der Waals surface area contributed by atoms with E-state index in [9.17, 15) is 19.7 Å². The van der Waals surface area contributed by atoms with Gasteiger partial charge in [-0.3, -0.25) is 24.5 Å². The number of hydrogen-bond donors (Lipinski definition) is 0. The van der Waals surface area contributed by atoms with E-state index in [1.165, 1.54) is 17.2 Å². The first-order valence-electron chi connectivity index (χ1n) is 11.4. The van der Waals surface area contributed by atoms with E-state index in [-0.39, 0.29) is 5.69 Å². The average Bonchev–Trinajstić information content (AvgIpc) is 3.39. The fourth-order valence-electron chi connectivity index (χ4n) is 4.54. The van der Waals surface area contributed by atoms with Crippen molar-refractivity contribution < 1.29 is 24.1 Å². The smallest absolute Gasteiger partial charge is 0.269 e. The summed E-state index contributed by atoms with van der Waals surface area (Å²) in [6, 6.07) is 21.2. The lowest BCUT2D eigenvalue weighted by molar-refractivity contribution is -0.384. The lowest BCUT2D eigenvalue weighted by atomic mass is 9.90. The SMILES string of the molecule is CCCOc1ccc(N2C(=O)[C@@H]3[C@@H](c4cccc([N+](=O)[O-])c4)N(c4ccccc4)O[C@H]3C2=O)cc1. The Labute approximate surface area is 201 Å². The van der Waals surface area contributed by atoms with E-state index in [0.717, 1.165) is 11.3 Å². The normalized spacial score (nSPS) is 21.3. The van der Waals surface area contributed by atoms with E-state index in [1.807, 2.05) is 25.1 Å². The van der Waals surface area contributed by atoms with Gasteiger partial charge in [0.1, 0.15) is 11.7 Å². The maximum absolute atomic E-state index is 13.7. The Morgan fingerprint density at radius 3 is 2.37 bits per heavy atom. The molecule has 35 heavy (non-hydrogen) atoms. The van der Waals surface area contributed by atoms with Crippen molar-refractivity contribution in [2.45, 2.75) is 25.5 Å². The quantitative estimate of drug-likeness (QED) is 0.284. The molecule has 5 rings (SSSR count). The second-order valence-electron chi connectivity index (χ2n) is 8.36. The maximum atomic E-state index is 13.7. The Morgan fingerprint density at radius 1 is 0.943 bits per heavy atom. The molecule has 0 N–H and O–H groups in total. The number of para-hydroxylation sites is 1. The fourth-order valence-corrected chi connectivity index (χ4v) is 4.54. The van der Waals surface area contributed by atoms with Gasteiger partial charge in [0, 0.05) is 12.1 Å². The molecule has 0 radical (unpaired) electrons. The summed E-state index contributed by atoms with van der Waals surface area (Å²) < 4.78 is 5.59. The Morgan fingerprint density at radius 2 is 1.69 bits per heavy atom. The summed E-state index contributed by atoms with van der Waals surface area (Å²) in [6.07, 6.45) is -0.189. The van der Waals surface area contributed by atoms with Crippen molar-refractivity contribution in [1.29, 1.82) is 0 Å². The van der Waals surface area contributed by atoms with Gasteiger partial charge in [-0.2, -0.15) is 0 Å². The van der Waals surface area contributed by atoms with Crippen LogP contribution in [0.25, 0.3) is 0 Å². The highest BCUT2D eigenvalue weighted by atomic mass is 16.7. The summed E-state index contributed by atoms with van der Waals surface area (Å²) >= 11 is 0. The first-order valence-corrected chi connectivity index (χ1v) is 11.4. The van der Waals surface area contributed by atoms with Crippen LogP contribution in [-0.4, -0.2) is 29.4 Å². The maximum Gasteiger partial charge on any atom is 0.269 e. The number of nitro groups is 1. The fraction of sp³-hybridized carbons (Fsp3) is 0.231. The molecule has 3 atom stereocenters. The Hall–Kier alpha value is -4.24. The molecular weight excluding hydrogens is 450 g/mol. The van der Waals surface area contributed by atoms with Crippen molar-refractivity contribution >= 4 is 28.9 Å². The molecule has 3 aromatic rings. The van der Waals surface area contributed by atoms with Crippen LogP contribution in [-0.2, 0) is 14.4 Å². The van der Waals surface area contributed by atoms with Crippen LogP contribution in [0.4, 0.5) is 17.1 Å². The van der Waals surface area contributed by atoms with E-state index in [4.69, 9.17) is 9.57 Å². The molecule has 0 saturated carbocycles. The van der Waals surface area contributed by atoms with E-state index in [2.05, 4.69) is 0 Å². The van der Waals surface area contributed by atoms with Crippen LogP contribution in [0.2, 0.25) is 0 Å². The Bertz CT molecular complexity index is 1260. The van der Waals surface area contributed by atoms with Crippen LogP contribution >= 0.6 is 0 Å². The number of nitrogens with zero attached hydrogens (tertiary/aromatic N) is 3. The molecular formula is C26H23N3O6. The zero-order chi connectivity index (χ0) is 24.5. The lowest BCUT2D eigenvalue weighted by Crippen LogP contribution is -2.37. The molecule has 2 saturated heterocycles. The van der Waals surface area contributed by atoms with Gasteiger partial charge < -0.3 is 4.74 Å². The molecule has 178 valence electrons. The number of ether oxygens (including phenoxy) is 1. The summed E-state index contributed by atoms with van der Waals surface area (Å²) in [4.78, 5) is 45.2. The lowest BCUT2D eigenvalue weighted by Gasteiger charge is -2.28. The number of carbonyl (C=O) groups is 2. The Balaban J connectivity index is 1.52. The number of carbonyl (C=O) groups excluding carboxylic acids is 2. The van der Waals surface area contributed by atoms with Crippen molar-refractivity contribution in [3.63, 3.8) is 0 Å². The minimum Gasteiger partial charge on any atom is -0.494 e. The predicted molar refractivity (Wildman–Crippen MR) is 128 cm³/mol. The summed E-state index contributed by atoms with van der Waals surface area (Å²) in [7, 11) is 0. The number of nitro benzene ring substituents is 1. The summed E-state index contributed by atoms with van der Waals surface area (Å²) in [5.74, 6) is -1.12. The van der Waals surface area contributed by atoms with Crippen LogP contribution in [0.3, 0.4) is 0 Å². The zero-order valence-electron chi connectivity index (χ0n) is 18.9. The predicted octanol–water partition coefficient (Wildman–Crippen LogP) is 4.43. The molecule has 0 unspecified atom stereocenters. The highest BCUT2D eigenvalue weighted by molar-refractivity contribution is 6.23. The van der Waals surface area contributed by atoms with E-state index in [1.54, 1.807) is 48.5 Å². The number of non-ortho nitro benzene ring substituents is 1. The minimum atomic E-state index is -1.05. The zero-order valence-corrected chi connectivity index (χ0v) is 18.9. The molecule has 0 spiro atoms. The van der Waals surface area contributed by atoms with Gasteiger partial charge in [-0.05, 0) is 48.4 Å². The van der Waals surface area contributed by atoms with Crippen molar-refractivity contribution in [2.24, 2.45) is 5.92 Å². The summed E-state index contributed by atoms with van der Waals surface area (Å²) in [6.45, 7) is 2.57. The number of anilines is 2. The van der Waals surface area contributed by atoms with Gasteiger partial charge in [-0.25, -0.2) is 9.96 Å². The van der Waals surface area contributed by atoms with Gasteiger partial charge in [0.05, 0.1) is 28.9 Å². The number of rotatable bonds is 7. The minimum absolute atomic E-state index is 0.102. The van der Waals surface area contributed by atoms with Crippen LogP contribution in [0.1, 0.15) is 24.9 Å². The van der Waals surface area contributed by atoms with Gasteiger partial charge >= 0.3 is 0 Å². The van der Waals surface area contributed by atoms with Crippen molar-refractivity contribution in [3.8, 4) is 5.75 Å². The van der Waals surface area contributed by atoms with Crippen LogP contribution in [0, 0.1) is 16.0 Å². The standard InChI is InChI=1S/C26H23N3O6/c1-2-15-34-21-13-11-18(12-14-21)27-25(30)22-23(17-7-6-10-20(16-17)29(32)33)28(35-24(22)26(27)31)19-8-4-3-5-9-19/h3-14,16,22-24H,2,15H2,1H3/t22-,23-,24-/m1/s1. The first kappa shape index (κ1) is 22.5. The second kappa shape index (κ2) is 9.19. The topological polar surface area (TPSA) is 102 Å². The highest BCUT2D eigenvalue weighted by Gasteiger charge is 2.60. The third-order valence-electron chi connectivity index (χ3n) is 6.12. The summed E-state index contributed by atoms with van der Waals surface area (Å²) in [5.41, 5.74) is 1.48. The molecule has 2 amide bonds. The number of fused-ring (bicyclic) bond motifs is 1. The van der Waals surface area contributed by atoms with Gasteiger partial charge in [-0.1, -0.05) is 37.3 Å². The molecule has 0 aromatic heterocycles. The molecule has 3 aromatic carbocycles. The van der Waals surface area contributed by atoms with Crippen molar-refractivity contribution in [2.75, 3.05) is 16.6 Å². The van der Waals surface area contributed by atoms with Gasteiger partial charge in [0.25, 0.3) is 11.6 Å². The van der Waals surface area contributed by atoms with Crippen molar-refractivity contribution in [1.82, 2.24) is 0 Å². The number of imide groups is 1. The van der Waals surface area contributed by atoms with E-state index >= 15 is 0 Å². The molecule has 2 aliphatic rings. The van der Waals surface area contributed by atoms with Gasteiger partial charge in [0.15, 0.2) is 6.10 Å². The molecule has 2 aliphatic heterocycles. The van der Waals surface area contributed by atoms with Crippen LogP contribution in [0.15, 0.2) is 78.9 Å². The first-order chi connectivity index (χ1) is 17.0. The van der Waals surface area contributed by atoms with Gasteiger partial charge in [-0.15, -0.1) is 0 Å². The highest BCUT2D eigenvalue weighted by Crippen LogP contribution is 2.48. The molecule has 0 bridgehead atoms. The average molecular weight is 473 g/mol. The molecule has 0 aliphatic carbocycles. The van der Waals surface area contributed by atoms with Gasteiger partial charge in [0.2, 0.25) is 5.91 Å². The monoisotopic (exact) mass is 473 g/mol. The molecule has 2 heterocycles. The number of hydrogen-bond acceptors (Lipinski definition) is 7. The van der Waals surface area contributed by atoms with Crippen LogP contribution < -0.4 is 14.7 Å². The number of amides is 2. The largest absolute Gasteiger partial charge is 0.494 e. The number of hydroxylamine groups is 1. The number of benzene rings is 3. The molecule has 2 fully saturated rings. The molecule has 9 nitrogen and oxygen atoms in total. The third kappa shape index (κ3) is 4.00. The van der Waals surface area contributed by atoms with E-state index < -0.39 is 34.8 Å². The molecule has 9 heteroatoms. The van der Waals surface area contributed by atoms with Crippen LogP contribution in [0.5, 0.6) is 5.75 Å². The Kier molecular flexibility index (Phi) is 5.92.